The van der Waals surface area contributed by atoms with Crippen molar-refractivity contribution in [3.63, 3.8) is 0 Å². The van der Waals surface area contributed by atoms with Crippen LogP contribution < -0.4 is 11.1 Å². The minimum absolute atomic E-state index is 0.0954. The maximum absolute atomic E-state index is 10.4. The molecule has 0 heterocycles. The van der Waals surface area contributed by atoms with Gasteiger partial charge in [0.2, 0.25) is 0 Å². The molecule has 0 saturated heterocycles. The predicted molar refractivity (Wildman–Crippen MR) is 53.9 cm³/mol. The molecule has 2 unspecified atom stereocenters. The summed E-state index contributed by atoms with van der Waals surface area (Å²) in [5, 5.41) is 20.4. The molecule has 0 aromatic rings. The van der Waals surface area contributed by atoms with Gasteiger partial charge in [-0.05, 0) is 12.3 Å². The summed E-state index contributed by atoms with van der Waals surface area (Å²) in [6, 6.07) is -0.764. The number of aliphatic hydroxyl groups is 1. The van der Waals surface area contributed by atoms with E-state index in [1.54, 1.807) is 0 Å². The summed E-state index contributed by atoms with van der Waals surface area (Å²) < 4.78 is 0. The molecule has 0 saturated carbocycles. The van der Waals surface area contributed by atoms with Crippen LogP contribution in [-0.4, -0.2) is 41.4 Å². The molecule has 0 aliphatic rings. The van der Waals surface area contributed by atoms with E-state index in [9.17, 15) is 4.79 Å². The second kappa shape index (κ2) is 6.75. The Balaban J connectivity index is 3.87. The lowest BCUT2D eigenvalue weighted by Gasteiger charge is -2.22. The van der Waals surface area contributed by atoms with Crippen molar-refractivity contribution in [1.29, 1.82) is 0 Å². The van der Waals surface area contributed by atoms with Crippen LogP contribution in [0.5, 0.6) is 0 Å². The summed E-state index contributed by atoms with van der Waals surface area (Å²) >= 11 is 0. The number of rotatable bonds is 7. The van der Waals surface area contributed by atoms with Gasteiger partial charge in [0.25, 0.3) is 0 Å². The molecule has 0 radical (unpaired) electrons. The third kappa shape index (κ3) is 5.16. The number of nitrogens with one attached hydrogen (secondary N) is 1. The minimum atomic E-state index is -1.01. The topological polar surface area (TPSA) is 95.6 Å². The van der Waals surface area contributed by atoms with Crippen LogP contribution in [0.1, 0.15) is 20.3 Å². The normalized spacial score (nSPS) is 15.5. The standard InChI is InChI=1S/C9H20N2O3/c1-6(2)8(3-4-12)11-5-7(10)9(13)14/h6-8,11-12H,3-5,10H2,1-2H3,(H,13,14). The van der Waals surface area contributed by atoms with E-state index in [0.29, 0.717) is 12.3 Å². The third-order valence-corrected chi connectivity index (χ3v) is 2.16. The van der Waals surface area contributed by atoms with Gasteiger partial charge in [0, 0.05) is 19.2 Å². The van der Waals surface area contributed by atoms with Crippen molar-refractivity contribution in [2.75, 3.05) is 13.2 Å². The average Bonchev–Trinajstić information content (AvgIpc) is 2.10. The van der Waals surface area contributed by atoms with Gasteiger partial charge in [0.1, 0.15) is 6.04 Å². The lowest BCUT2D eigenvalue weighted by atomic mass is 10.0. The zero-order valence-corrected chi connectivity index (χ0v) is 8.73. The molecule has 5 nitrogen and oxygen atoms in total. The van der Waals surface area contributed by atoms with Crippen molar-refractivity contribution >= 4 is 5.97 Å². The Morgan fingerprint density at radius 1 is 1.50 bits per heavy atom. The van der Waals surface area contributed by atoms with E-state index in [4.69, 9.17) is 15.9 Å². The van der Waals surface area contributed by atoms with Crippen LogP contribution in [0.15, 0.2) is 0 Å². The van der Waals surface area contributed by atoms with E-state index in [2.05, 4.69) is 5.32 Å². The first-order chi connectivity index (χ1) is 6.49. The molecule has 14 heavy (non-hydrogen) atoms. The van der Waals surface area contributed by atoms with Crippen LogP contribution in [0, 0.1) is 5.92 Å². The number of carboxylic acid groups (broad SMARTS) is 1. The summed E-state index contributed by atoms with van der Waals surface area (Å²) in [4.78, 5) is 10.4. The second-order valence-corrected chi connectivity index (χ2v) is 3.72. The van der Waals surface area contributed by atoms with E-state index in [1.807, 2.05) is 13.8 Å². The molecule has 5 heteroatoms. The lowest BCUT2D eigenvalue weighted by Crippen LogP contribution is -2.45. The van der Waals surface area contributed by atoms with Crippen LogP contribution in [-0.2, 0) is 4.79 Å². The molecule has 0 aliphatic carbocycles. The molecule has 0 aromatic carbocycles. The summed E-state index contributed by atoms with van der Waals surface area (Å²) in [5.41, 5.74) is 5.34. The van der Waals surface area contributed by atoms with E-state index in [1.165, 1.54) is 0 Å². The van der Waals surface area contributed by atoms with Gasteiger partial charge in [-0.25, -0.2) is 0 Å². The molecule has 0 amide bonds. The summed E-state index contributed by atoms with van der Waals surface area (Å²) in [6.45, 7) is 4.36. The van der Waals surface area contributed by atoms with Crippen LogP contribution in [0.2, 0.25) is 0 Å². The van der Waals surface area contributed by atoms with Crippen molar-refractivity contribution in [1.82, 2.24) is 5.32 Å². The van der Waals surface area contributed by atoms with Crippen molar-refractivity contribution < 1.29 is 15.0 Å². The highest BCUT2D eigenvalue weighted by molar-refractivity contribution is 5.73. The Hall–Kier alpha value is -0.650. The molecule has 0 aromatic heterocycles. The Labute approximate surface area is 84.3 Å². The summed E-state index contributed by atoms with van der Waals surface area (Å²) in [6.07, 6.45) is 0.615. The molecule has 0 rings (SSSR count). The van der Waals surface area contributed by atoms with Gasteiger partial charge in [-0.15, -0.1) is 0 Å². The zero-order valence-electron chi connectivity index (χ0n) is 8.73. The molecule has 0 spiro atoms. The van der Waals surface area contributed by atoms with Crippen LogP contribution in [0.4, 0.5) is 0 Å². The maximum atomic E-state index is 10.4. The molecule has 84 valence electrons. The van der Waals surface area contributed by atoms with Gasteiger partial charge < -0.3 is 21.3 Å². The Bertz CT molecular complexity index is 173. The van der Waals surface area contributed by atoms with Gasteiger partial charge in [-0.3, -0.25) is 4.79 Å². The molecule has 0 aliphatic heterocycles. The molecule has 0 fully saturated rings. The van der Waals surface area contributed by atoms with E-state index in [0.717, 1.165) is 0 Å². The Morgan fingerprint density at radius 2 is 2.07 bits per heavy atom. The predicted octanol–water partition coefficient (Wildman–Crippen LogP) is -0.605. The third-order valence-electron chi connectivity index (χ3n) is 2.16. The van der Waals surface area contributed by atoms with Crippen molar-refractivity contribution in [2.24, 2.45) is 11.7 Å². The van der Waals surface area contributed by atoms with Crippen molar-refractivity contribution in [3.05, 3.63) is 0 Å². The van der Waals surface area contributed by atoms with Crippen LogP contribution in [0.3, 0.4) is 0 Å². The number of carboxylic acids is 1. The smallest absolute Gasteiger partial charge is 0.321 e. The number of nitrogens with two attached hydrogens (primary N) is 1. The number of hydrogen-bond donors (Lipinski definition) is 4. The van der Waals surface area contributed by atoms with Gasteiger partial charge in [-0.1, -0.05) is 13.8 Å². The van der Waals surface area contributed by atoms with Gasteiger partial charge in [0.05, 0.1) is 0 Å². The zero-order chi connectivity index (χ0) is 11.1. The fourth-order valence-corrected chi connectivity index (χ4v) is 1.18. The highest BCUT2D eigenvalue weighted by Gasteiger charge is 2.16. The van der Waals surface area contributed by atoms with Gasteiger partial charge in [-0.2, -0.15) is 0 Å². The molecule has 2 atom stereocenters. The SMILES string of the molecule is CC(C)C(CCO)NCC(N)C(=O)O. The molecular weight excluding hydrogens is 184 g/mol. The Kier molecular flexibility index (Phi) is 6.44. The average molecular weight is 204 g/mol. The fraction of sp³-hybridized carbons (Fsp3) is 0.889. The fourth-order valence-electron chi connectivity index (χ4n) is 1.18. The highest BCUT2D eigenvalue weighted by Crippen LogP contribution is 2.04. The molecule has 5 N–H and O–H groups in total. The van der Waals surface area contributed by atoms with Crippen molar-refractivity contribution in [3.8, 4) is 0 Å². The highest BCUT2D eigenvalue weighted by atomic mass is 16.4. The lowest BCUT2D eigenvalue weighted by molar-refractivity contribution is -0.138. The largest absolute Gasteiger partial charge is 0.480 e. The van der Waals surface area contributed by atoms with E-state index < -0.39 is 12.0 Å². The summed E-state index contributed by atoms with van der Waals surface area (Å²) in [7, 11) is 0. The first-order valence-electron chi connectivity index (χ1n) is 4.81. The first-order valence-corrected chi connectivity index (χ1v) is 4.81. The van der Waals surface area contributed by atoms with E-state index >= 15 is 0 Å². The monoisotopic (exact) mass is 204 g/mol. The van der Waals surface area contributed by atoms with E-state index in [-0.39, 0.29) is 19.2 Å². The Morgan fingerprint density at radius 3 is 2.43 bits per heavy atom. The van der Waals surface area contributed by atoms with Gasteiger partial charge in [0.15, 0.2) is 0 Å². The number of aliphatic hydroxyl groups excluding tert-OH is 1. The minimum Gasteiger partial charge on any atom is -0.480 e. The second-order valence-electron chi connectivity index (χ2n) is 3.72. The number of hydrogen-bond acceptors (Lipinski definition) is 4. The van der Waals surface area contributed by atoms with Crippen molar-refractivity contribution in [2.45, 2.75) is 32.4 Å². The quantitative estimate of drug-likeness (QED) is 0.444. The molecular formula is C9H20N2O3. The maximum Gasteiger partial charge on any atom is 0.321 e. The van der Waals surface area contributed by atoms with Crippen LogP contribution in [0.25, 0.3) is 0 Å². The summed E-state index contributed by atoms with van der Waals surface area (Å²) in [5.74, 6) is -0.660. The van der Waals surface area contributed by atoms with Crippen LogP contribution >= 0.6 is 0 Å². The number of aliphatic carboxylic acids is 1. The number of carbonyl (C=O) groups is 1. The molecule has 0 bridgehead atoms. The first kappa shape index (κ1) is 13.4. The van der Waals surface area contributed by atoms with Gasteiger partial charge >= 0.3 is 5.97 Å².